The normalized spacial score (nSPS) is 10.6. The number of amides is 2. The lowest BCUT2D eigenvalue weighted by molar-refractivity contribution is 0.0767. The monoisotopic (exact) mass is 507 g/mol. The van der Waals surface area contributed by atoms with Crippen LogP contribution in [0.4, 0.5) is 10.8 Å². The van der Waals surface area contributed by atoms with Crippen LogP contribution < -0.4 is 14.4 Å². The summed E-state index contributed by atoms with van der Waals surface area (Å²) >= 11 is 13.5. The molecule has 174 valence electrons. The zero-order chi connectivity index (χ0) is 24.1. The third kappa shape index (κ3) is 5.24. The van der Waals surface area contributed by atoms with Crippen molar-refractivity contribution in [2.24, 2.45) is 0 Å². The Morgan fingerprint density at radius 3 is 2.27 bits per heavy atom. The predicted octanol–water partition coefficient (Wildman–Crippen LogP) is 5.93. The van der Waals surface area contributed by atoms with Crippen LogP contribution in [0.15, 0.2) is 41.8 Å². The largest absolute Gasteiger partial charge is 0.493 e. The van der Waals surface area contributed by atoms with Crippen LogP contribution in [0.25, 0.3) is 0 Å². The topological polar surface area (TPSA) is 72.0 Å². The van der Waals surface area contributed by atoms with E-state index in [0.29, 0.717) is 40.4 Å². The lowest BCUT2D eigenvalue weighted by atomic mass is 10.1. The number of benzene rings is 2. The zero-order valence-corrected chi connectivity index (χ0v) is 20.9. The summed E-state index contributed by atoms with van der Waals surface area (Å²) in [4.78, 5) is 34.0. The molecule has 0 unspecified atom stereocenters. The summed E-state index contributed by atoms with van der Waals surface area (Å²) in [5.74, 6) is 0.313. The van der Waals surface area contributed by atoms with Crippen LogP contribution in [0.5, 0.6) is 11.5 Å². The molecule has 0 aliphatic heterocycles. The maximum Gasteiger partial charge on any atom is 0.273 e. The van der Waals surface area contributed by atoms with E-state index >= 15 is 0 Å². The first-order valence-corrected chi connectivity index (χ1v) is 11.7. The summed E-state index contributed by atoms with van der Waals surface area (Å²) in [6.07, 6.45) is 0. The predicted molar refractivity (Wildman–Crippen MR) is 132 cm³/mol. The number of hydrogen-bond acceptors (Lipinski definition) is 6. The van der Waals surface area contributed by atoms with Gasteiger partial charge in [-0.15, -0.1) is 11.3 Å². The van der Waals surface area contributed by atoms with Gasteiger partial charge < -0.3 is 14.4 Å². The van der Waals surface area contributed by atoms with Gasteiger partial charge >= 0.3 is 0 Å². The van der Waals surface area contributed by atoms with Gasteiger partial charge in [-0.3, -0.25) is 14.5 Å². The molecule has 1 heterocycles. The molecule has 0 bridgehead atoms. The summed E-state index contributed by atoms with van der Waals surface area (Å²) in [6, 6.07) is 9.69. The van der Waals surface area contributed by atoms with Gasteiger partial charge in [-0.2, -0.15) is 0 Å². The molecule has 7 nitrogen and oxygen atoms in total. The second kappa shape index (κ2) is 10.9. The molecule has 0 aliphatic carbocycles. The van der Waals surface area contributed by atoms with E-state index in [4.69, 9.17) is 32.7 Å². The number of anilines is 2. The van der Waals surface area contributed by atoms with Crippen LogP contribution in [0, 0.1) is 0 Å². The number of thiazole rings is 1. The molecular weight excluding hydrogens is 485 g/mol. The molecule has 33 heavy (non-hydrogen) atoms. The molecule has 0 N–H and O–H groups in total. The van der Waals surface area contributed by atoms with E-state index in [0.717, 1.165) is 0 Å². The molecule has 2 amide bonds. The van der Waals surface area contributed by atoms with Crippen molar-refractivity contribution in [3.8, 4) is 11.5 Å². The molecule has 0 radical (unpaired) electrons. The van der Waals surface area contributed by atoms with E-state index < -0.39 is 5.91 Å². The second-order valence-corrected chi connectivity index (χ2v) is 8.48. The average Bonchev–Trinajstić information content (AvgIpc) is 3.29. The van der Waals surface area contributed by atoms with E-state index in [2.05, 4.69) is 4.98 Å². The third-order valence-electron chi connectivity index (χ3n) is 4.94. The molecule has 0 aliphatic rings. The van der Waals surface area contributed by atoms with Crippen molar-refractivity contribution in [2.45, 2.75) is 13.8 Å². The quantitative estimate of drug-likeness (QED) is 0.377. The molecule has 2 aromatic carbocycles. The summed E-state index contributed by atoms with van der Waals surface area (Å²) < 4.78 is 10.7. The van der Waals surface area contributed by atoms with Gasteiger partial charge in [-0.05, 0) is 44.2 Å². The number of nitrogens with zero attached hydrogens (tertiary/aromatic N) is 3. The second-order valence-electron chi connectivity index (χ2n) is 6.80. The molecule has 0 saturated heterocycles. The first kappa shape index (κ1) is 24.8. The minimum atomic E-state index is -0.430. The number of hydrogen-bond donors (Lipinski definition) is 0. The number of carbonyl (C=O) groups is 2. The average molecular weight is 508 g/mol. The van der Waals surface area contributed by atoms with E-state index in [1.165, 1.54) is 36.5 Å². The summed E-state index contributed by atoms with van der Waals surface area (Å²) in [5, 5.41) is 2.57. The van der Waals surface area contributed by atoms with Crippen LogP contribution in [-0.4, -0.2) is 49.0 Å². The number of rotatable bonds is 8. The SMILES string of the molecule is CCN(CC)C(=O)c1csc(N(C(=O)c2ccc(Cl)cc2Cl)c2ccc(OC)c(OC)c2)n1. The molecular formula is C23H23Cl2N3O4S. The lowest BCUT2D eigenvalue weighted by Crippen LogP contribution is -2.31. The molecule has 1 aromatic heterocycles. The Kier molecular flexibility index (Phi) is 8.18. The highest BCUT2D eigenvalue weighted by Crippen LogP contribution is 2.37. The maximum absolute atomic E-state index is 13.7. The van der Waals surface area contributed by atoms with Crippen molar-refractivity contribution in [3.63, 3.8) is 0 Å². The van der Waals surface area contributed by atoms with Gasteiger partial charge in [-0.25, -0.2) is 4.98 Å². The first-order valence-electron chi connectivity index (χ1n) is 10.1. The minimum absolute atomic E-state index is 0.202. The summed E-state index contributed by atoms with van der Waals surface area (Å²) in [6.45, 7) is 4.91. The molecule has 0 saturated carbocycles. The Morgan fingerprint density at radius 1 is 0.970 bits per heavy atom. The fourth-order valence-electron chi connectivity index (χ4n) is 3.20. The van der Waals surface area contributed by atoms with Crippen LogP contribution in [0.2, 0.25) is 10.0 Å². The van der Waals surface area contributed by atoms with Crippen molar-refractivity contribution >= 4 is 57.2 Å². The highest BCUT2D eigenvalue weighted by atomic mass is 35.5. The lowest BCUT2D eigenvalue weighted by Gasteiger charge is -2.22. The third-order valence-corrected chi connectivity index (χ3v) is 6.32. The number of aromatic nitrogens is 1. The molecule has 3 rings (SSSR count). The Morgan fingerprint density at radius 2 is 1.67 bits per heavy atom. The Labute approximate surface area is 206 Å². The van der Waals surface area contributed by atoms with E-state index in [1.807, 2.05) is 13.8 Å². The standard InChI is InChI=1S/C23H23Cl2N3O4S/c1-5-27(6-2)22(30)18-13-33-23(26-18)28(15-8-10-19(31-3)20(12-15)32-4)21(29)16-9-7-14(24)11-17(16)25/h7-13H,5-6H2,1-4H3. The number of ether oxygens (including phenoxy) is 2. The summed E-state index contributed by atoms with van der Waals surface area (Å²) in [5.41, 5.74) is 0.974. The van der Waals surface area contributed by atoms with Crippen molar-refractivity contribution in [2.75, 3.05) is 32.2 Å². The van der Waals surface area contributed by atoms with Gasteiger partial charge in [-0.1, -0.05) is 23.2 Å². The molecule has 0 spiro atoms. The fraction of sp³-hybridized carbons (Fsp3) is 0.261. The highest BCUT2D eigenvalue weighted by Gasteiger charge is 2.27. The number of methoxy groups -OCH3 is 2. The summed E-state index contributed by atoms with van der Waals surface area (Å²) in [7, 11) is 3.04. The number of carbonyl (C=O) groups excluding carboxylic acids is 2. The van der Waals surface area contributed by atoms with Gasteiger partial charge in [0.15, 0.2) is 16.6 Å². The van der Waals surface area contributed by atoms with Crippen molar-refractivity contribution in [3.05, 3.63) is 63.1 Å². The minimum Gasteiger partial charge on any atom is -0.493 e. The number of halogens is 2. The Balaban J connectivity index is 2.12. The first-order chi connectivity index (χ1) is 15.8. The van der Waals surface area contributed by atoms with Crippen LogP contribution in [-0.2, 0) is 0 Å². The van der Waals surface area contributed by atoms with E-state index in [-0.39, 0.29) is 22.2 Å². The maximum atomic E-state index is 13.7. The van der Waals surface area contributed by atoms with Gasteiger partial charge in [0, 0.05) is 29.6 Å². The van der Waals surface area contributed by atoms with E-state index in [9.17, 15) is 9.59 Å². The molecule has 0 fully saturated rings. The van der Waals surface area contributed by atoms with Crippen molar-refractivity contribution in [1.29, 1.82) is 0 Å². The van der Waals surface area contributed by atoms with E-state index in [1.54, 1.807) is 40.6 Å². The van der Waals surface area contributed by atoms with Gasteiger partial charge in [0.25, 0.3) is 11.8 Å². The molecule has 3 aromatic rings. The Bertz CT molecular complexity index is 1160. The van der Waals surface area contributed by atoms with Gasteiger partial charge in [0.2, 0.25) is 0 Å². The van der Waals surface area contributed by atoms with Gasteiger partial charge in [0.05, 0.1) is 30.5 Å². The Hall–Kier alpha value is -2.81. The zero-order valence-electron chi connectivity index (χ0n) is 18.6. The molecule has 10 heteroatoms. The van der Waals surface area contributed by atoms with Crippen LogP contribution >= 0.6 is 34.5 Å². The highest BCUT2D eigenvalue weighted by molar-refractivity contribution is 7.14. The smallest absolute Gasteiger partial charge is 0.273 e. The van der Waals surface area contributed by atoms with Crippen LogP contribution in [0.3, 0.4) is 0 Å². The fourth-order valence-corrected chi connectivity index (χ4v) is 4.50. The van der Waals surface area contributed by atoms with Gasteiger partial charge in [0.1, 0.15) is 5.69 Å². The molecule has 0 atom stereocenters. The van der Waals surface area contributed by atoms with Crippen molar-refractivity contribution in [1.82, 2.24) is 9.88 Å². The van der Waals surface area contributed by atoms with Crippen molar-refractivity contribution < 1.29 is 19.1 Å². The van der Waals surface area contributed by atoms with Crippen LogP contribution in [0.1, 0.15) is 34.7 Å².